The lowest BCUT2D eigenvalue weighted by molar-refractivity contribution is -0.137. The largest absolute Gasteiger partial charge is 0.507 e. The lowest BCUT2D eigenvalue weighted by atomic mass is 9.99. The number of hydrogen-bond donors (Lipinski definition) is 3. The van der Waals surface area contributed by atoms with E-state index in [0.29, 0.717) is 22.4 Å². The number of carboxylic acids is 1. The van der Waals surface area contributed by atoms with Gasteiger partial charge in [-0.05, 0) is 67.4 Å². The van der Waals surface area contributed by atoms with E-state index in [2.05, 4.69) is 10.5 Å². The summed E-state index contributed by atoms with van der Waals surface area (Å²) < 4.78 is 40.4. The Bertz CT molecular complexity index is 1710. The first kappa shape index (κ1) is 26.5. The number of nitrogens with one attached hydrogen (secondary N) is 1. The third-order valence-corrected chi connectivity index (χ3v) is 6.71. The number of benzene rings is 4. The van der Waals surface area contributed by atoms with Gasteiger partial charge >= 0.3 is 12.1 Å². The molecular weight excluding hydrogens is 523 g/mol. The van der Waals surface area contributed by atoms with Crippen LogP contribution in [0, 0.1) is 13.8 Å². The highest BCUT2D eigenvalue weighted by molar-refractivity contribution is 6.55. The predicted octanol–water partition coefficient (Wildman–Crippen LogP) is 6.89. The van der Waals surface area contributed by atoms with Crippen LogP contribution in [0.1, 0.15) is 32.6 Å². The molecule has 1 amide bonds. The van der Waals surface area contributed by atoms with Gasteiger partial charge < -0.3 is 10.2 Å². The number of aryl methyl sites for hydroxylation is 2. The molecule has 3 N–H and O–H groups in total. The summed E-state index contributed by atoms with van der Waals surface area (Å²) in [6, 6.07) is 18.7. The molecule has 202 valence electrons. The summed E-state index contributed by atoms with van der Waals surface area (Å²) in [4.78, 5) is 26.9. The number of alkyl halides is 3. The summed E-state index contributed by atoms with van der Waals surface area (Å²) >= 11 is 0. The van der Waals surface area contributed by atoms with Crippen molar-refractivity contribution in [3.05, 3.63) is 107 Å². The van der Waals surface area contributed by atoms with E-state index < -0.39 is 23.6 Å². The van der Waals surface area contributed by atoms with Gasteiger partial charge in [0.25, 0.3) is 5.91 Å². The summed E-state index contributed by atoms with van der Waals surface area (Å²) in [6.45, 7) is 3.65. The average molecular weight is 546 g/mol. The minimum Gasteiger partial charge on any atom is -0.507 e. The molecule has 7 nitrogen and oxygen atoms in total. The Morgan fingerprint density at radius 3 is 2.25 bits per heavy atom. The zero-order valence-corrected chi connectivity index (χ0v) is 21.2. The summed E-state index contributed by atoms with van der Waals surface area (Å²) in [5, 5.41) is 24.6. The van der Waals surface area contributed by atoms with Crippen LogP contribution >= 0.6 is 0 Å². The molecule has 0 fully saturated rings. The number of hydrazone groups is 1. The van der Waals surface area contributed by atoms with E-state index in [4.69, 9.17) is 0 Å². The van der Waals surface area contributed by atoms with Crippen molar-refractivity contribution in [2.75, 3.05) is 10.3 Å². The van der Waals surface area contributed by atoms with Crippen LogP contribution < -0.4 is 10.3 Å². The number of nitrogens with zero attached hydrogens (tertiary/aromatic N) is 2. The van der Waals surface area contributed by atoms with Crippen LogP contribution in [0.4, 0.5) is 30.2 Å². The molecule has 0 spiro atoms. The Morgan fingerprint density at radius 2 is 1.55 bits per heavy atom. The van der Waals surface area contributed by atoms with E-state index in [1.54, 1.807) is 36.4 Å². The molecule has 4 aromatic carbocycles. The van der Waals surface area contributed by atoms with Crippen molar-refractivity contribution in [3.8, 4) is 16.9 Å². The Hall–Kier alpha value is -5.12. The van der Waals surface area contributed by atoms with E-state index in [1.807, 2.05) is 13.8 Å². The van der Waals surface area contributed by atoms with Crippen molar-refractivity contribution in [1.82, 2.24) is 0 Å². The molecule has 0 saturated carbocycles. The van der Waals surface area contributed by atoms with Gasteiger partial charge in [0.05, 0.1) is 22.5 Å². The van der Waals surface area contributed by atoms with Crippen LogP contribution in [0.15, 0.2) is 84.0 Å². The van der Waals surface area contributed by atoms with Crippen molar-refractivity contribution < 1.29 is 33.0 Å². The van der Waals surface area contributed by atoms with Crippen molar-refractivity contribution in [1.29, 1.82) is 0 Å². The molecule has 0 saturated heterocycles. The third-order valence-electron chi connectivity index (χ3n) is 6.71. The van der Waals surface area contributed by atoms with Gasteiger partial charge in [-0.2, -0.15) is 18.3 Å². The van der Waals surface area contributed by atoms with Crippen LogP contribution in [0.5, 0.6) is 5.75 Å². The highest BCUT2D eigenvalue weighted by Gasteiger charge is 2.38. The number of para-hydroxylation sites is 2. The first-order valence-electron chi connectivity index (χ1n) is 12.1. The van der Waals surface area contributed by atoms with Gasteiger partial charge in [0, 0.05) is 22.4 Å². The normalized spacial score (nSPS) is 14.0. The molecule has 0 atom stereocenters. The number of phenolic OH excluding ortho intramolecular Hbond substituents is 1. The van der Waals surface area contributed by atoms with Crippen LogP contribution in [0.25, 0.3) is 11.1 Å². The molecule has 0 aliphatic carbocycles. The van der Waals surface area contributed by atoms with Crippen molar-refractivity contribution in [3.63, 3.8) is 0 Å². The number of amides is 1. The Morgan fingerprint density at radius 1 is 0.875 bits per heavy atom. The summed E-state index contributed by atoms with van der Waals surface area (Å²) in [5.74, 6) is -2.05. The summed E-state index contributed by atoms with van der Waals surface area (Å²) in [7, 11) is 0. The number of anilines is 3. The second-order valence-electron chi connectivity index (χ2n) is 9.26. The molecule has 1 heterocycles. The zero-order chi connectivity index (χ0) is 28.8. The number of phenols is 1. The smallest absolute Gasteiger partial charge is 0.416 e. The van der Waals surface area contributed by atoms with Crippen molar-refractivity contribution >= 4 is 34.7 Å². The topological polar surface area (TPSA) is 102 Å². The highest BCUT2D eigenvalue weighted by Crippen LogP contribution is 2.41. The van der Waals surface area contributed by atoms with Crippen LogP contribution in [0.2, 0.25) is 0 Å². The lowest BCUT2D eigenvalue weighted by Crippen LogP contribution is -2.26. The molecular formula is C30H22F3N3O4. The average Bonchev–Trinajstić information content (AvgIpc) is 3.17. The van der Waals surface area contributed by atoms with E-state index in [9.17, 15) is 33.0 Å². The number of rotatable bonds is 5. The Balaban J connectivity index is 1.66. The number of carbonyl (C=O) groups is 2. The van der Waals surface area contributed by atoms with Gasteiger partial charge in [-0.25, -0.2) is 4.79 Å². The number of carboxylic acid groups (broad SMARTS) is 1. The van der Waals surface area contributed by atoms with Crippen LogP contribution in [-0.2, 0) is 11.0 Å². The van der Waals surface area contributed by atoms with Gasteiger partial charge in [-0.3, -0.25) is 15.1 Å². The van der Waals surface area contributed by atoms with E-state index in [-0.39, 0.29) is 28.4 Å². The molecule has 4 aromatic rings. The zero-order valence-electron chi connectivity index (χ0n) is 21.2. The molecule has 1 aliphatic heterocycles. The number of aromatic carboxylic acids is 1. The molecule has 5 rings (SSSR count). The van der Waals surface area contributed by atoms with Crippen LogP contribution in [0.3, 0.4) is 0 Å². The molecule has 0 unspecified atom stereocenters. The molecule has 0 bridgehead atoms. The maximum Gasteiger partial charge on any atom is 0.416 e. The first-order valence-corrected chi connectivity index (χ1v) is 12.1. The predicted molar refractivity (Wildman–Crippen MR) is 145 cm³/mol. The highest BCUT2D eigenvalue weighted by atomic mass is 19.4. The fraction of sp³-hybridized carbons (Fsp3) is 0.100. The quantitative estimate of drug-likeness (QED) is 0.237. The number of aromatic hydroxyl groups is 1. The van der Waals surface area contributed by atoms with Crippen LogP contribution in [-0.4, -0.2) is 27.8 Å². The Labute approximate surface area is 226 Å². The van der Waals surface area contributed by atoms with Gasteiger partial charge in [0.2, 0.25) is 0 Å². The fourth-order valence-electron chi connectivity index (χ4n) is 4.58. The van der Waals surface area contributed by atoms with E-state index >= 15 is 0 Å². The second-order valence-corrected chi connectivity index (χ2v) is 9.26. The lowest BCUT2D eigenvalue weighted by Gasteiger charge is -2.19. The van der Waals surface area contributed by atoms with Gasteiger partial charge in [-0.15, -0.1) is 0 Å². The van der Waals surface area contributed by atoms with Crippen molar-refractivity contribution in [2.45, 2.75) is 20.0 Å². The molecule has 1 aliphatic rings. The fourth-order valence-corrected chi connectivity index (χ4v) is 4.58. The maximum atomic E-state index is 13.7. The molecule has 10 heteroatoms. The number of carbonyl (C=O) groups excluding carboxylic acids is 1. The second kappa shape index (κ2) is 9.88. The minimum absolute atomic E-state index is 0.00959. The number of halogens is 3. The standard InChI is InChI=1S/C30H22F3N3O4/c1-16-13-23-24(14-17(16)2)36(19-8-5-7-18(15-19)30(31,32)33)28(38)27(23)35-34-26-21(10-6-11-22(26)29(39)40)20-9-3-4-12-25(20)37/h3-15,34,37H,1-2H3,(H,39,40). The van der Waals surface area contributed by atoms with Gasteiger partial charge in [-0.1, -0.05) is 36.4 Å². The molecule has 40 heavy (non-hydrogen) atoms. The van der Waals surface area contributed by atoms with Gasteiger partial charge in [0.1, 0.15) is 5.75 Å². The Kier molecular flexibility index (Phi) is 6.54. The molecule has 0 aromatic heterocycles. The maximum absolute atomic E-state index is 13.7. The summed E-state index contributed by atoms with van der Waals surface area (Å²) in [5.41, 5.74) is 4.59. The number of hydrogen-bond acceptors (Lipinski definition) is 5. The number of fused-ring (bicyclic) bond motifs is 1. The van der Waals surface area contributed by atoms with E-state index in [0.717, 1.165) is 28.2 Å². The van der Waals surface area contributed by atoms with Crippen molar-refractivity contribution in [2.24, 2.45) is 5.10 Å². The minimum atomic E-state index is -4.61. The SMILES string of the molecule is Cc1cc2c(cc1C)N(c1cccc(C(F)(F)F)c1)C(=O)C2=NNc1c(C(=O)O)cccc1-c1ccccc1O. The monoisotopic (exact) mass is 545 g/mol. The summed E-state index contributed by atoms with van der Waals surface area (Å²) in [6.07, 6.45) is -4.61. The third kappa shape index (κ3) is 4.64. The molecule has 0 radical (unpaired) electrons. The van der Waals surface area contributed by atoms with E-state index in [1.165, 1.54) is 30.3 Å². The van der Waals surface area contributed by atoms with Gasteiger partial charge in [0.15, 0.2) is 5.71 Å². The first-order chi connectivity index (χ1) is 19.0.